The first-order valence-electron chi connectivity index (χ1n) is 6.20. The van der Waals surface area contributed by atoms with Crippen LogP contribution in [-0.2, 0) is 9.59 Å². The number of halogens is 1. The normalized spacial score (nSPS) is 9.19. The van der Waals surface area contributed by atoms with Crippen LogP contribution in [0, 0.1) is 0 Å². The minimum atomic E-state index is -1.11. The van der Waals surface area contributed by atoms with E-state index in [1.54, 1.807) is 0 Å². The van der Waals surface area contributed by atoms with Gasteiger partial charge >= 0.3 is 5.97 Å². The third-order valence-corrected chi connectivity index (χ3v) is 2.80. The molecule has 2 aromatic rings. The molecular weight excluding hydrogens is 288 g/mol. The van der Waals surface area contributed by atoms with Crippen molar-refractivity contribution in [2.24, 2.45) is 0 Å². The van der Waals surface area contributed by atoms with E-state index in [4.69, 9.17) is 16.7 Å². The predicted octanol–water partition coefficient (Wildman–Crippen LogP) is 4.22. The molecule has 0 atom stereocenters. The zero-order chi connectivity index (χ0) is 15.7. The SMILES string of the molecule is C=C(CC=O)C(=O)O.Clc1cccc(-c2ccccc2)c1. The van der Waals surface area contributed by atoms with Crippen molar-refractivity contribution in [3.05, 3.63) is 71.8 Å². The highest BCUT2D eigenvalue weighted by molar-refractivity contribution is 6.30. The van der Waals surface area contributed by atoms with Gasteiger partial charge in [0.2, 0.25) is 0 Å². The Morgan fingerprint density at radius 3 is 2.19 bits per heavy atom. The third kappa shape index (κ3) is 6.06. The Kier molecular flexibility index (Phi) is 6.92. The monoisotopic (exact) mass is 302 g/mol. The van der Waals surface area contributed by atoms with Crippen LogP contribution in [-0.4, -0.2) is 17.4 Å². The van der Waals surface area contributed by atoms with Gasteiger partial charge in [-0.05, 0) is 23.3 Å². The molecule has 3 nitrogen and oxygen atoms in total. The molecule has 0 aliphatic rings. The van der Waals surface area contributed by atoms with Crippen LogP contribution in [0.15, 0.2) is 66.7 Å². The van der Waals surface area contributed by atoms with Crippen LogP contribution in [0.2, 0.25) is 5.02 Å². The van der Waals surface area contributed by atoms with Crippen molar-refractivity contribution in [2.45, 2.75) is 6.42 Å². The van der Waals surface area contributed by atoms with Gasteiger partial charge in [-0.25, -0.2) is 4.79 Å². The summed E-state index contributed by atoms with van der Waals surface area (Å²) in [5.74, 6) is -1.11. The van der Waals surface area contributed by atoms with E-state index in [2.05, 4.69) is 24.8 Å². The number of benzene rings is 2. The van der Waals surface area contributed by atoms with E-state index in [9.17, 15) is 9.59 Å². The minimum absolute atomic E-state index is 0.0694. The lowest BCUT2D eigenvalue weighted by atomic mass is 10.1. The van der Waals surface area contributed by atoms with Gasteiger partial charge in [0, 0.05) is 17.0 Å². The molecule has 2 aromatic carbocycles. The zero-order valence-electron chi connectivity index (χ0n) is 11.3. The van der Waals surface area contributed by atoms with Gasteiger partial charge in [-0.1, -0.05) is 60.6 Å². The van der Waals surface area contributed by atoms with Crippen LogP contribution in [0.1, 0.15) is 6.42 Å². The molecule has 0 aliphatic carbocycles. The van der Waals surface area contributed by atoms with Crippen LogP contribution in [0.25, 0.3) is 11.1 Å². The number of carboxylic acid groups (broad SMARTS) is 1. The number of carbonyl (C=O) groups is 2. The third-order valence-electron chi connectivity index (χ3n) is 2.56. The molecule has 108 valence electrons. The number of aliphatic carboxylic acids is 1. The van der Waals surface area contributed by atoms with E-state index < -0.39 is 5.97 Å². The fourth-order valence-corrected chi connectivity index (χ4v) is 1.68. The van der Waals surface area contributed by atoms with Crippen LogP contribution >= 0.6 is 11.6 Å². The predicted molar refractivity (Wildman–Crippen MR) is 84.3 cm³/mol. The second kappa shape index (κ2) is 8.72. The first-order chi connectivity index (χ1) is 10.0. The van der Waals surface area contributed by atoms with Gasteiger partial charge < -0.3 is 9.90 Å². The Bertz CT molecular complexity index is 621. The first kappa shape index (κ1) is 16.7. The van der Waals surface area contributed by atoms with Crippen molar-refractivity contribution in [1.82, 2.24) is 0 Å². The smallest absolute Gasteiger partial charge is 0.331 e. The molecule has 0 radical (unpaired) electrons. The molecule has 1 N–H and O–H groups in total. The second-order valence-electron chi connectivity index (χ2n) is 4.16. The summed E-state index contributed by atoms with van der Waals surface area (Å²) >= 11 is 5.89. The number of hydrogen-bond donors (Lipinski definition) is 1. The quantitative estimate of drug-likeness (QED) is 0.679. The van der Waals surface area contributed by atoms with Crippen molar-refractivity contribution < 1.29 is 14.7 Å². The minimum Gasteiger partial charge on any atom is -0.478 e. The molecule has 0 aromatic heterocycles. The number of rotatable bonds is 4. The molecule has 0 saturated heterocycles. The molecule has 0 fully saturated rings. The van der Waals surface area contributed by atoms with Crippen molar-refractivity contribution in [2.75, 3.05) is 0 Å². The Morgan fingerprint density at radius 1 is 1.10 bits per heavy atom. The lowest BCUT2D eigenvalue weighted by Crippen LogP contribution is -1.98. The highest BCUT2D eigenvalue weighted by Crippen LogP contribution is 2.21. The van der Waals surface area contributed by atoms with E-state index in [1.807, 2.05) is 36.4 Å². The number of carbonyl (C=O) groups excluding carboxylic acids is 1. The molecule has 0 saturated carbocycles. The zero-order valence-corrected chi connectivity index (χ0v) is 12.1. The van der Waals surface area contributed by atoms with E-state index in [-0.39, 0.29) is 12.0 Å². The van der Waals surface area contributed by atoms with Crippen LogP contribution < -0.4 is 0 Å². The molecule has 0 bridgehead atoms. The average molecular weight is 303 g/mol. The van der Waals surface area contributed by atoms with E-state index in [1.165, 1.54) is 5.56 Å². The number of carboxylic acids is 1. The van der Waals surface area contributed by atoms with Gasteiger partial charge in [0.15, 0.2) is 0 Å². The van der Waals surface area contributed by atoms with Crippen molar-refractivity contribution >= 4 is 23.9 Å². The summed E-state index contributed by atoms with van der Waals surface area (Å²) in [6.45, 7) is 3.11. The number of aldehydes is 1. The van der Waals surface area contributed by atoms with Gasteiger partial charge in [-0.15, -0.1) is 0 Å². The maximum atomic E-state index is 9.83. The Hall–Kier alpha value is -2.39. The van der Waals surface area contributed by atoms with Gasteiger partial charge in [0.1, 0.15) is 6.29 Å². The first-order valence-corrected chi connectivity index (χ1v) is 6.58. The standard InChI is InChI=1S/C12H9Cl.C5H6O3/c13-12-8-4-7-11(9-12)10-5-2-1-3-6-10;1-4(2-3-6)5(7)8/h1-9H;3H,1-2H2,(H,7,8). The molecular formula is C17H15ClO3. The topological polar surface area (TPSA) is 54.4 Å². The molecule has 21 heavy (non-hydrogen) atoms. The number of hydrogen-bond acceptors (Lipinski definition) is 2. The molecule has 0 spiro atoms. The molecule has 2 rings (SSSR count). The molecule has 0 aliphatic heterocycles. The highest BCUT2D eigenvalue weighted by atomic mass is 35.5. The summed E-state index contributed by atoms with van der Waals surface area (Å²) < 4.78 is 0. The molecule has 0 amide bonds. The lowest BCUT2D eigenvalue weighted by Gasteiger charge is -2.00. The van der Waals surface area contributed by atoms with Crippen molar-refractivity contribution in [3.8, 4) is 11.1 Å². The van der Waals surface area contributed by atoms with Crippen molar-refractivity contribution in [1.29, 1.82) is 0 Å². The van der Waals surface area contributed by atoms with Gasteiger partial charge in [-0.2, -0.15) is 0 Å². The largest absolute Gasteiger partial charge is 0.478 e. The summed E-state index contributed by atoms with van der Waals surface area (Å²) in [4.78, 5) is 19.4. The fourth-order valence-electron chi connectivity index (χ4n) is 1.49. The van der Waals surface area contributed by atoms with E-state index >= 15 is 0 Å². The lowest BCUT2D eigenvalue weighted by molar-refractivity contribution is -0.133. The van der Waals surface area contributed by atoms with E-state index in [0.717, 1.165) is 10.6 Å². The summed E-state index contributed by atoms with van der Waals surface area (Å²) in [5, 5.41) is 8.83. The van der Waals surface area contributed by atoms with Gasteiger partial charge in [0.25, 0.3) is 0 Å². The average Bonchev–Trinajstić information content (AvgIpc) is 2.49. The molecule has 4 heteroatoms. The van der Waals surface area contributed by atoms with Gasteiger partial charge in [0.05, 0.1) is 0 Å². The van der Waals surface area contributed by atoms with E-state index in [0.29, 0.717) is 6.29 Å². The summed E-state index contributed by atoms with van der Waals surface area (Å²) in [5.41, 5.74) is 2.29. The summed E-state index contributed by atoms with van der Waals surface area (Å²) in [6.07, 6.45) is 0.422. The maximum Gasteiger partial charge on any atom is 0.331 e. The maximum absolute atomic E-state index is 9.83. The highest BCUT2D eigenvalue weighted by Gasteiger charge is 1.99. The molecule has 0 heterocycles. The molecule has 0 unspecified atom stereocenters. The van der Waals surface area contributed by atoms with Crippen LogP contribution in [0.5, 0.6) is 0 Å². The Morgan fingerprint density at radius 2 is 1.71 bits per heavy atom. The van der Waals surface area contributed by atoms with Crippen LogP contribution in [0.3, 0.4) is 0 Å². The Labute approximate surface area is 128 Å². The fraction of sp³-hybridized carbons (Fsp3) is 0.0588. The van der Waals surface area contributed by atoms with Gasteiger partial charge in [-0.3, -0.25) is 0 Å². The summed E-state index contributed by atoms with van der Waals surface area (Å²) in [7, 11) is 0. The second-order valence-corrected chi connectivity index (χ2v) is 4.59. The summed E-state index contributed by atoms with van der Waals surface area (Å²) in [6, 6.07) is 18.1. The van der Waals surface area contributed by atoms with Crippen molar-refractivity contribution in [3.63, 3.8) is 0 Å². The Balaban J connectivity index is 0.000000240. The van der Waals surface area contributed by atoms with Crippen LogP contribution in [0.4, 0.5) is 0 Å².